The Hall–Kier alpha value is -3.93. The number of likely N-dealkylation sites (tertiary alicyclic amines) is 1. The topological polar surface area (TPSA) is 78.5 Å². The zero-order valence-corrected chi connectivity index (χ0v) is 20.0. The monoisotopic (exact) mass is 469 g/mol. The molecule has 0 spiro atoms. The lowest BCUT2D eigenvalue weighted by Crippen LogP contribution is -2.45. The van der Waals surface area contributed by atoms with Crippen LogP contribution in [0.3, 0.4) is 0 Å². The van der Waals surface area contributed by atoms with Crippen molar-refractivity contribution in [1.29, 1.82) is 0 Å². The molecule has 1 aliphatic rings. The maximum Gasteiger partial charge on any atom is 0.255 e. The van der Waals surface area contributed by atoms with Crippen LogP contribution in [-0.2, 0) is 11.2 Å². The van der Waals surface area contributed by atoms with E-state index in [2.05, 4.69) is 10.6 Å². The van der Waals surface area contributed by atoms with Crippen LogP contribution in [0.15, 0.2) is 78.9 Å². The molecule has 1 unspecified atom stereocenters. The minimum atomic E-state index is -0.222. The molecule has 0 saturated carbocycles. The summed E-state index contributed by atoms with van der Waals surface area (Å²) in [5.41, 5.74) is 3.89. The zero-order chi connectivity index (χ0) is 24.6. The molecule has 3 amide bonds. The molecule has 6 heteroatoms. The standard InChI is InChI=1S/C29H31N3O3/c1-21-12-14-23(15-13-21)28(34)31-26-11-5-9-24(19-26)29(35)32-18-6-10-25(20-32)27(33)30-17-16-22-7-3-2-4-8-22/h2-5,7-9,11-15,19,25H,6,10,16-18,20H2,1H3,(H,30,33)(H,31,34). The summed E-state index contributed by atoms with van der Waals surface area (Å²) < 4.78 is 0. The minimum Gasteiger partial charge on any atom is -0.355 e. The van der Waals surface area contributed by atoms with Gasteiger partial charge in [-0.2, -0.15) is 0 Å². The first-order valence-corrected chi connectivity index (χ1v) is 12.1. The summed E-state index contributed by atoms with van der Waals surface area (Å²) in [4.78, 5) is 40.2. The van der Waals surface area contributed by atoms with Crippen molar-refractivity contribution in [3.63, 3.8) is 0 Å². The molecule has 6 nitrogen and oxygen atoms in total. The van der Waals surface area contributed by atoms with Gasteiger partial charge in [-0.15, -0.1) is 0 Å². The van der Waals surface area contributed by atoms with Crippen LogP contribution in [0.5, 0.6) is 0 Å². The van der Waals surface area contributed by atoms with E-state index < -0.39 is 0 Å². The SMILES string of the molecule is Cc1ccc(C(=O)Nc2cccc(C(=O)N3CCCC(C(=O)NCCc4ccccc4)C3)c2)cc1. The van der Waals surface area contributed by atoms with Gasteiger partial charge in [0.1, 0.15) is 0 Å². The fraction of sp³-hybridized carbons (Fsp3) is 0.276. The van der Waals surface area contributed by atoms with E-state index in [1.165, 1.54) is 5.56 Å². The van der Waals surface area contributed by atoms with Gasteiger partial charge in [-0.1, -0.05) is 54.1 Å². The predicted molar refractivity (Wildman–Crippen MR) is 137 cm³/mol. The molecular formula is C29H31N3O3. The minimum absolute atomic E-state index is 0.00227. The van der Waals surface area contributed by atoms with Crippen LogP contribution in [0.4, 0.5) is 5.69 Å². The number of amides is 3. The molecule has 1 fully saturated rings. The van der Waals surface area contributed by atoms with Gasteiger partial charge in [0.15, 0.2) is 0 Å². The molecular weight excluding hydrogens is 438 g/mol. The molecule has 3 aromatic carbocycles. The number of hydrogen-bond acceptors (Lipinski definition) is 3. The maximum absolute atomic E-state index is 13.2. The number of hydrogen-bond donors (Lipinski definition) is 2. The second kappa shape index (κ2) is 11.5. The first-order valence-electron chi connectivity index (χ1n) is 12.1. The summed E-state index contributed by atoms with van der Waals surface area (Å²) >= 11 is 0. The lowest BCUT2D eigenvalue weighted by molar-refractivity contribution is -0.126. The molecule has 0 aliphatic carbocycles. The highest BCUT2D eigenvalue weighted by Gasteiger charge is 2.29. The van der Waals surface area contributed by atoms with Gasteiger partial charge in [0, 0.05) is 36.4 Å². The number of piperidine rings is 1. The van der Waals surface area contributed by atoms with E-state index in [0.29, 0.717) is 36.4 Å². The van der Waals surface area contributed by atoms with Crippen LogP contribution in [-0.4, -0.2) is 42.3 Å². The number of anilines is 1. The van der Waals surface area contributed by atoms with Crippen LogP contribution in [0.25, 0.3) is 0 Å². The van der Waals surface area contributed by atoms with Crippen molar-refractivity contribution in [2.24, 2.45) is 5.92 Å². The Balaban J connectivity index is 1.33. The number of nitrogens with zero attached hydrogens (tertiary/aromatic N) is 1. The Labute approximate surface area is 206 Å². The first kappa shape index (κ1) is 24.2. The van der Waals surface area contributed by atoms with E-state index >= 15 is 0 Å². The summed E-state index contributed by atoms with van der Waals surface area (Å²) in [5.74, 6) is -0.566. The van der Waals surface area contributed by atoms with Gasteiger partial charge >= 0.3 is 0 Å². The number of nitrogens with one attached hydrogen (secondary N) is 2. The molecule has 1 saturated heterocycles. The Morgan fingerprint density at radius 1 is 0.914 bits per heavy atom. The number of benzene rings is 3. The maximum atomic E-state index is 13.2. The van der Waals surface area contributed by atoms with E-state index in [1.54, 1.807) is 41.3 Å². The molecule has 35 heavy (non-hydrogen) atoms. The summed E-state index contributed by atoms with van der Waals surface area (Å²) in [5, 5.41) is 5.89. The Morgan fingerprint density at radius 2 is 1.69 bits per heavy atom. The smallest absolute Gasteiger partial charge is 0.255 e. The van der Waals surface area contributed by atoms with Crippen LogP contribution >= 0.6 is 0 Å². The molecule has 1 aliphatic heterocycles. The van der Waals surface area contributed by atoms with Crippen molar-refractivity contribution in [2.45, 2.75) is 26.2 Å². The molecule has 3 aromatic rings. The predicted octanol–water partition coefficient (Wildman–Crippen LogP) is 4.46. The van der Waals surface area contributed by atoms with Gasteiger partial charge in [-0.05, 0) is 62.1 Å². The molecule has 4 rings (SSSR count). The van der Waals surface area contributed by atoms with Crippen molar-refractivity contribution in [3.05, 3.63) is 101 Å². The van der Waals surface area contributed by atoms with Crippen molar-refractivity contribution in [3.8, 4) is 0 Å². The van der Waals surface area contributed by atoms with E-state index in [4.69, 9.17) is 0 Å². The van der Waals surface area contributed by atoms with Crippen molar-refractivity contribution in [1.82, 2.24) is 10.2 Å². The van der Waals surface area contributed by atoms with Crippen LogP contribution in [0.2, 0.25) is 0 Å². The summed E-state index contributed by atoms with van der Waals surface area (Å²) in [6, 6.07) is 24.3. The molecule has 2 N–H and O–H groups in total. The Morgan fingerprint density at radius 3 is 2.46 bits per heavy atom. The fourth-order valence-electron chi connectivity index (χ4n) is 4.32. The fourth-order valence-corrected chi connectivity index (χ4v) is 4.32. The van der Waals surface area contributed by atoms with Crippen LogP contribution in [0.1, 0.15) is 44.7 Å². The Bertz CT molecular complexity index is 1180. The normalized spacial score (nSPS) is 15.3. The Kier molecular flexibility index (Phi) is 7.93. The van der Waals surface area contributed by atoms with Gasteiger partial charge in [0.25, 0.3) is 11.8 Å². The average Bonchev–Trinajstić information content (AvgIpc) is 2.89. The van der Waals surface area contributed by atoms with E-state index in [1.807, 2.05) is 49.4 Å². The highest BCUT2D eigenvalue weighted by Crippen LogP contribution is 2.21. The van der Waals surface area contributed by atoms with Gasteiger partial charge in [0.05, 0.1) is 5.92 Å². The third-order valence-corrected chi connectivity index (χ3v) is 6.32. The van der Waals surface area contributed by atoms with Gasteiger partial charge in [-0.25, -0.2) is 0 Å². The molecule has 0 bridgehead atoms. The number of carbonyl (C=O) groups excluding carboxylic acids is 3. The molecule has 1 atom stereocenters. The lowest BCUT2D eigenvalue weighted by Gasteiger charge is -2.32. The second-order valence-electron chi connectivity index (χ2n) is 9.02. The molecule has 180 valence electrons. The number of aryl methyl sites for hydroxylation is 1. The first-order chi connectivity index (χ1) is 17.0. The quantitative estimate of drug-likeness (QED) is 0.536. The van der Waals surface area contributed by atoms with Gasteiger partial charge in [-0.3, -0.25) is 14.4 Å². The highest BCUT2D eigenvalue weighted by atomic mass is 16.2. The lowest BCUT2D eigenvalue weighted by atomic mass is 9.96. The summed E-state index contributed by atoms with van der Waals surface area (Å²) in [7, 11) is 0. The molecule has 0 aromatic heterocycles. The number of carbonyl (C=O) groups is 3. The van der Waals surface area contributed by atoms with Crippen LogP contribution in [0, 0.1) is 12.8 Å². The van der Waals surface area contributed by atoms with Crippen molar-refractivity contribution in [2.75, 3.05) is 25.0 Å². The average molecular weight is 470 g/mol. The molecule has 0 radical (unpaired) electrons. The van der Waals surface area contributed by atoms with Crippen molar-refractivity contribution < 1.29 is 14.4 Å². The van der Waals surface area contributed by atoms with Crippen LogP contribution < -0.4 is 10.6 Å². The summed E-state index contributed by atoms with van der Waals surface area (Å²) in [6.45, 7) is 3.56. The summed E-state index contributed by atoms with van der Waals surface area (Å²) in [6.07, 6.45) is 2.34. The zero-order valence-electron chi connectivity index (χ0n) is 20.0. The van der Waals surface area contributed by atoms with E-state index in [0.717, 1.165) is 24.8 Å². The van der Waals surface area contributed by atoms with E-state index in [-0.39, 0.29) is 23.6 Å². The van der Waals surface area contributed by atoms with Gasteiger partial charge < -0.3 is 15.5 Å². The number of rotatable bonds is 7. The second-order valence-corrected chi connectivity index (χ2v) is 9.02. The third kappa shape index (κ3) is 6.57. The molecule has 1 heterocycles. The third-order valence-electron chi connectivity index (χ3n) is 6.32. The van der Waals surface area contributed by atoms with Crippen molar-refractivity contribution >= 4 is 23.4 Å². The van der Waals surface area contributed by atoms with E-state index in [9.17, 15) is 14.4 Å². The highest BCUT2D eigenvalue weighted by molar-refractivity contribution is 6.05. The van der Waals surface area contributed by atoms with Gasteiger partial charge in [0.2, 0.25) is 5.91 Å². The largest absolute Gasteiger partial charge is 0.355 e.